The van der Waals surface area contributed by atoms with Crippen molar-refractivity contribution in [2.24, 2.45) is 0 Å². The average molecular weight is 523 g/mol. The fraction of sp³-hybridized carbons (Fsp3) is 0.115. The van der Waals surface area contributed by atoms with E-state index in [0.29, 0.717) is 13.1 Å². The normalized spacial score (nSPS) is 17.6. The molecule has 1 saturated heterocycles. The van der Waals surface area contributed by atoms with Crippen molar-refractivity contribution in [1.29, 1.82) is 0 Å². The van der Waals surface area contributed by atoms with Gasteiger partial charge in [-0.05, 0) is 41.0 Å². The molecule has 0 atom stereocenters. The Morgan fingerprint density at radius 3 is 1.67 bits per heavy atom. The summed E-state index contributed by atoms with van der Waals surface area (Å²) in [6, 6.07) is 26.4. The highest BCUT2D eigenvalue weighted by Crippen LogP contribution is 2.27. The van der Waals surface area contributed by atoms with Crippen molar-refractivity contribution in [1.82, 2.24) is 4.90 Å². The predicted molar refractivity (Wildman–Crippen MR) is 131 cm³/mol. The van der Waals surface area contributed by atoms with E-state index in [9.17, 15) is 4.79 Å². The number of hydrogen-bond donors (Lipinski definition) is 0. The molecule has 2 nitrogen and oxygen atoms in total. The summed E-state index contributed by atoms with van der Waals surface area (Å²) >= 11 is 7.20. The van der Waals surface area contributed by atoms with E-state index >= 15 is 0 Å². The van der Waals surface area contributed by atoms with E-state index in [4.69, 9.17) is 0 Å². The minimum Gasteiger partial charge on any atom is -0.290 e. The topological polar surface area (TPSA) is 20.3 Å². The van der Waals surface area contributed by atoms with Gasteiger partial charge in [0.25, 0.3) is 0 Å². The van der Waals surface area contributed by atoms with Crippen LogP contribution in [0.1, 0.15) is 16.7 Å². The molecule has 0 saturated carbocycles. The Morgan fingerprint density at radius 1 is 0.700 bits per heavy atom. The van der Waals surface area contributed by atoms with E-state index in [1.54, 1.807) is 0 Å². The Balaban J connectivity index is 1.71. The SMILES string of the molecule is O=C1/C(=C\c2ccccc2Br)CN(Cc2ccccc2)C/C1=C\c1ccccc1Br. The summed E-state index contributed by atoms with van der Waals surface area (Å²) in [6.07, 6.45) is 4.02. The first-order chi connectivity index (χ1) is 14.6. The molecule has 4 heteroatoms. The molecule has 0 bridgehead atoms. The van der Waals surface area contributed by atoms with E-state index in [1.165, 1.54) is 5.56 Å². The zero-order valence-electron chi connectivity index (χ0n) is 16.4. The van der Waals surface area contributed by atoms with Gasteiger partial charge in [-0.2, -0.15) is 0 Å². The number of likely N-dealkylation sites (tertiary alicyclic amines) is 1. The van der Waals surface area contributed by atoms with Gasteiger partial charge in [0.05, 0.1) is 0 Å². The summed E-state index contributed by atoms with van der Waals surface area (Å²) in [5.74, 6) is 0.116. The Morgan fingerprint density at radius 2 is 1.17 bits per heavy atom. The average Bonchev–Trinajstić information content (AvgIpc) is 2.75. The van der Waals surface area contributed by atoms with Crippen LogP contribution in [0.25, 0.3) is 12.2 Å². The van der Waals surface area contributed by atoms with Crippen molar-refractivity contribution in [3.05, 3.63) is 116 Å². The monoisotopic (exact) mass is 521 g/mol. The van der Waals surface area contributed by atoms with Gasteiger partial charge >= 0.3 is 0 Å². The first kappa shape index (κ1) is 21.0. The van der Waals surface area contributed by atoms with Crippen molar-refractivity contribution in [2.75, 3.05) is 13.1 Å². The lowest BCUT2D eigenvalue weighted by Crippen LogP contribution is -2.37. The highest BCUT2D eigenvalue weighted by Gasteiger charge is 2.26. The predicted octanol–water partition coefficient (Wildman–Crippen LogP) is 6.76. The van der Waals surface area contributed by atoms with Crippen LogP contribution in [-0.2, 0) is 11.3 Å². The van der Waals surface area contributed by atoms with Gasteiger partial charge in [-0.15, -0.1) is 0 Å². The molecule has 0 unspecified atom stereocenters. The van der Waals surface area contributed by atoms with Crippen LogP contribution >= 0.6 is 31.9 Å². The lowest BCUT2D eigenvalue weighted by Gasteiger charge is -2.30. The van der Waals surface area contributed by atoms with Gasteiger partial charge in [0.15, 0.2) is 5.78 Å². The summed E-state index contributed by atoms with van der Waals surface area (Å²) in [6.45, 7) is 2.06. The second kappa shape index (κ2) is 9.69. The second-order valence-corrected chi connectivity index (χ2v) is 9.05. The number of carbonyl (C=O) groups is 1. The summed E-state index contributed by atoms with van der Waals surface area (Å²) in [4.78, 5) is 15.7. The molecule has 0 spiro atoms. The minimum absolute atomic E-state index is 0.116. The maximum absolute atomic E-state index is 13.4. The highest BCUT2D eigenvalue weighted by atomic mass is 79.9. The van der Waals surface area contributed by atoms with Crippen molar-refractivity contribution in [3.8, 4) is 0 Å². The standard InChI is InChI=1S/C26H21Br2NO/c27-24-12-6-4-10-20(24)14-22-17-29(16-19-8-2-1-3-9-19)18-23(26(22)30)15-21-11-5-7-13-25(21)28/h1-15H,16-18H2/b22-14-,23-15+. The molecule has 1 aliphatic rings. The molecule has 4 rings (SSSR count). The lowest BCUT2D eigenvalue weighted by atomic mass is 9.94. The minimum atomic E-state index is 0.116. The van der Waals surface area contributed by atoms with Gasteiger partial charge in [0, 0.05) is 39.7 Å². The van der Waals surface area contributed by atoms with Crippen molar-refractivity contribution in [2.45, 2.75) is 6.54 Å². The number of halogens is 2. The van der Waals surface area contributed by atoms with Crippen LogP contribution in [0.3, 0.4) is 0 Å². The van der Waals surface area contributed by atoms with Crippen LogP contribution in [0.4, 0.5) is 0 Å². The summed E-state index contributed by atoms with van der Waals surface area (Å²) in [5.41, 5.74) is 4.89. The Labute approximate surface area is 194 Å². The molecular weight excluding hydrogens is 502 g/mol. The van der Waals surface area contributed by atoms with Crippen LogP contribution in [0.2, 0.25) is 0 Å². The smallest absolute Gasteiger partial charge is 0.187 e. The zero-order valence-corrected chi connectivity index (χ0v) is 19.6. The molecule has 0 aliphatic carbocycles. The maximum Gasteiger partial charge on any atom is 0.187 e. The van der Waals surface area contributed by atoms with Gasteiger partial charge in [-0.25, -0.2) is 0 Å². The van der Waals surface area contributed by atoms with E-state index in [1.807, 2.05) is 66.7 Å². The van der Waals surface area contributed by atoms with E-state index in [-0.39, 0.29) is 5.78 Å². The molecule has 1 aliphatic heterocycles. The third-order valence-electron chi connectivity index (χ3n) is 5.09. The first-order valence-corrected chi connectivity index (χ1v) is 11.4. The quantitative estimate of drug-likeness (QED) is 0.352. The van der Waals surface area contributed by atoms with Crippen LogP contribution in [0, 0.1) is 0 Å². The second-order valence-electron chi connectivity index (χ2n) is 7.34. The molecule has 0 radical (unpaired) electrons. The van der Waals surface area contributed by atoms with Crippen molar-refractivity contribution in [3.63, 3.8) is 0 Å². The summed E-state index contributed by atoms with van der Waals surface area (Å²) in [7, 11) is 0. The Kier molecular flexibility index (Phi) is 6.78. The lowest BCUT2D eigenvalue weighted by molar-refractivity contribution is -0.113. The van der Waals surface area contributed by atoms with Gasteiger partial charge in [-0.3, -0.25) is 9.69 Å². The molecule has 1 fully saturated rings. The van der Waals surface area contributed by atoms with Gasteiger partial charge in [-0.1, -0.05) is 98.6 Å². The third-order valence-corrected chi connectivity index (χ3v) is 6.53. The number of ketones is 1. The number of Topliss-reactive ketones (excluding diaryl/α,β-unsaturated/α-hetero) is 1. The first-order valence-electron chi connectivity index (χ1n) is 9.81. The maximum atomic E-state index is 13.4. The number of carbonyl (C=O) groups excluding carboxylic acids is 1. The number of nitrogens with zero attached hydrogens (tertiary/aromatic N) is 1. The molecule has 0 amide bonds. The van der Waals surface area contributed by atoms with Gasteiger partial charge < -0.3 is 0 Å². The van der Waals surface area contributed by atoms with Crippen molar-refractivity contribution < 1.29 is 4.79 Å². The van der Waals surface area contributed by atoms with E-state index in [0.717, 1.165) is 37.8 Å². The number of benzene rings is 3. The number of hydrogen-bond acceptors (Lipinski definition) is 2. The van der Waals surface area contributed by atoms with Crippen LogP contribution in [0.15, 0.2) is 99.0 Å². The van der Waals surface area contributed by atoms with E-state index < -0.39 is 0 Å². The van der Waals surface area contributed by atoms with Gasteiger partial charge in [0.2, 0.25) is 0 Å². The molecule has 150 valence electrons. The largest absolute Gasteiger partial charge is 0.290 e. The molecular formula is C26H21Br2NO. The molecule has 0 N–H and O–H groups in total. The van der Waals surface area contributed by atoms with Crippen LogP contribution in [-0.4, -0.2) is 23.8 Å². The molecule has 30 heavy (non-hydrogen) atoms. The third kappa shape index (κ3) is 5.07. The molecule has 3 aromatic carbocycles. The fourth-order valence-electron chi connectivity index (χ4n) is 3.62. The Bertz CT molecular complexity index is 1050. The fourth-order valence-corrected chi connectivity index (χ4v) is 4.42. The van der Waals surface area contributed by atoms with Gasteiger partial charge in [0.1, 0.15) is 0 Å². The van der Waals surface area contributed by atoms with Crippen LogP contribution in [0.5, 0.6) is 0 Å². The number of piperidine rings is 1. The molecule has 1 heterocycles. The van der Waals surface area contributed by atoms with E-state index in [2.05, 4.69) is 61.0 Å². The summed E-state index contributed by atoms with van der Waals surface area (Å²) in [5, 5.41) is 0. The zero-order chi connectivity index (χ0) is 20.9. The van der Waals surface area contributed by atoms with Crippen LogP contribution < -0.4 is 0 Å². The molecule has 3 aromatic rings. The highest BCUT2D eigenvalue weighted by molar-refractivity contribution is 9.10. The summed E-state index contributed by atoms with van der Waals surface area (Å²) < 4.78 is 1.98. The number of rotatable bonds is 4. The Hall–Kier alpha value is -2.27. The molecule has 0 aromatic heterocycles. The van der Waals surface area contributed by atoms with Crippen molar-refractivity contribution >= 4 is 49.8 Å².